The summed E-state index contributed by atoms with van der Waals surface area (Å²) in [6.07, 6.45) is 3.91. The minimum absolute atomic E-state index is 1.17. The van der Waals surface area contributed by atoms with Crippen LogP contribution in [-0.4, -0.2) is 14.1 Å². The molecule has 0 fully saturated rings. The molecule has 0 saturated heterocycles. The standard InChI is InChI=1S/C49H29N3/c1-2-11-34(12-3-1)51-44-16-7-6-13-36(44)40-26-32(17-20-46(40)51)33-18-21-47-41(27-33)42-25-30-9-4-5-10-31(30)28-48(42)52(47)45-22-19-38-35-23-24-50-29-43(35)37-14-8-15-39(45)49(37)38/h1-29H. The van der Waals surface area contributed by atoms with Gasteiger partial charge in [0.05, 0.1) is 27.8 Å². The van der Waals surface area contributed by atoms with Crippen molar-refractivity contribution < 1.29 is 0 Å². The largest absolute Gasteiger partial charge is 0.309 e. The van der Waals surface area contributed by atoms with Crippen LogP contribution in [0.2, 0.25) is 0 Å². The predicted molar refractivity (Wildman–Crippen MR) is 218 cm³/mol. The molecule has 3 heterocycles. The van der Waals surface area contributed by atoms with Gasteiger partial charge in [-0.2, -0.15) is 0 Å². The first-order chi connectivity index (χ1) is 25.8. The van der Waals surface area contributed by atoms with E-state index in [2.05, 4.69) is 178 Å². The van der Waals surface area contributed by atoms with E-state index >= 15 is 0 Å². The molecule has 12 rings (SSSR count). The van der Waals surface area contributed by atoms with Gasteiger partial charge in [0.25, 0.3) is 0 Å². The summed E-state index contributed by atoms with van der Waals surface area (Å²) in [7, 11) is 0. The van der Waals surface area contributed by atoms with Gasteiger partial charge in [0.15, 0.2) is 0 Å². The van der Waals surface area contributed by atoms with Crippen LogP contribution in [0.5, 0.6) is 0 Å². The third kappa shape index (κ3) is 3.72. The minimum atomic E-state index is 1.17. The van der Waals surface area contributed by atoms with Crippen molar-refractivity contribution in [3.8, 4) is 44.8 Å². The lowest BCUT2D eigenvalue weighted by atomic mass is 10.00. The van der Waals surface area contributed by atoms with Crippen molar-refractivity contribution in [2.45, 2.75) is 0 Å². The van der Waals surface area contributed by atoms with Gasteiger partial charge in [-0.3, -0.25) is 4.98 Å². The van der Waals surface area contributed by atoms with E-state index in [-0.39, 0.29) is 0 Å². The van der Waals surface area contributed by atoms with Crippen LogP contribution < -0.4 is 0 Å². The van der Waals surface area contributed by atoms with Crippen molar-refractivity contribution in [3.63, 3.8) is 0 Å². The zero-order chi connectivity index (χ0) is 33.9. The van der Waals surface area contributed by atoms with Crippen molar-refractivity contribution in [1.82, 2.24) is 14.1 Å². The molecule has 8 aromatic carbocycles. The fourth-order valence-corrected chi connectivity index (χ4v) is 9.03. The van der Waals surface area contributed by atoms with Crippen molar-refractivity contribution in [2.75, 3.05) is 0 Å². The zero-order valence-electron chi connectivity index (χ0n) is 28.1. The fourth-order valence-electron chi connectivity index (χ4n) is 9.03. The first-order valence-electron chi connectivity index (χ1n) is 17.9. The average molecular weight is 660 g/mol. The van der Waals surface area contributed by atoms with Crippen LogP contribution in [0.4, 0.5) is 0 Å². The summed E-state index contributed by atoms with van der Waals surface area (Å²) in [6.45, 7) is 0. The Labute approximate surface area is 299 Å². The van der Waals surface area contributed by atoms with E-state index in [0.717, 1.165) is 0 Å². The van der Waals surface area contributed by atoms with Gasteiger partial charge in [0, 0.05) is 50.6 Å². The highest BCUT2D eigenvalue weighted by atomic mass is 15.0. The van der Waals surface area contributed by atoms with Crippen LogP contribution in [0.3, 0.4) is 0 Å². The average Bonchev–Trinajstić information content (AvgIpc) is 3.83. The molecule has 3 heteroatoms. The number of hydrogen-bond donors (Lipinski definition) is 0. The number of pyridine rings is 1. The Hall–Kier alpha value is -6.97. The van der Waals surface area contributed by atoms with Gasteiger partial charge in [0.2, 0.25) is 0 Å². The van der Waals surface area contributed by atoms with Gasteiger partial charge in [0.1, 0.15) is 0 Å². The number of nitrogens with zero attached hydrogens (tertiary/aromatic N) is 3. The lowest BCUT2D eigenvalue weighted by Crippen LogP contribution is -1.96. The fraction of sp³-hybridized carbons (Fsp3) is 0. The van der Waals surface area contributed by atoms with E-state index < -0.39 is 0 Å². The summed E-state index contributed by atoms with van der Waals surface area (Å²) < 4.78 is 4.87. The molecule has 0 amide bonds. The van der Waals surface area contributed by atoms with Gasteiger partial charge in [-0.25, -0.2) is 0 Å². The normalized spacial score (nSPS) is 12.2. The predicted octanol–water partition coefficient (Wildman–Crippen LogP) is 12.9. The molecule has 0 saturated carbocycles. The first kappa shape index (κ1) is 27.8. The Morgan fingerprint density at radius 3 is 1.87 bits per heavy atom. The smallest absolute Gasteiger partial charge is 0.0547 e. The molecule has 0 unspecified atom stereocenters. The van der Waals surface area contributed by atoms with Crippen molar-refractivity contribution >= 4 is 65.2 Å². The quantitative estimate of drug-likeness (QED) is 0.185. The van der Waals surface area contributed by atoms with Crippen molar-refractivity contribution in [2.24, 2.45) is 0 Å². The summed E-state index contributed by atoms with van der Waals surface area (Å²) in [6, 6.07) is 60.4. The molecule has 0 atom stereocenters. The molecule has 3 aromatic heterocycles. The van der Waals surface area contributed by atoms with E-state index in [4.69, 9.17) is 0 Å². The number of rotatable bonds is 3. The second-order valence-electron chi connectivity index (χ2n) is 14.0. The van der Waals surface area contributed by atoms with E-state index in [0.29, 0.717) is 0 Å². The molecule has 0 spiro atoms. The molecule has 11 aromatic rings. The molecule has 0 bridgehead atoms. The molecule has 240 valence electrons. The van der Waals surface area contributed by atoms with Crippen LogP contribution >= 0.6 is 0 Å². The Bertz CT molecular complexity index is 3260. The van der Waals surface area contributed by atoms with Gasteiger partial charge < -0.3 is 9.13 Å². The molecule has 52 heavy (non-hydrogen) atoms. The van der Waals surface area contributed by atoms with E-state index in [1.807, 2.05) is 12.4 Å². The molecule has 3 nitrogen and oxygen atoms in total. The summed E-state index contributed by atoms with van der Waals surface area (Å²) in [4.78, 5) is 4.48. The molecular weight excluding hydrogens is 631 g/mol. The summed E-state index contributed by atoms with van der Waals surface area (Å²) in [5.74, 6) is 0. The van der Waals surface area contributed by atoms with Gasteiger partial charge in [-0.05, 0) is 111 Å². The third-order valence-electron chi connectivity index (χ3n) is 11.3. The van der Waals surface area contributed by atoms with Crippen LogP contribution in [0.25, 0.3) is 110 Å². The molecule has 0 aliphatic heterocycles. The van der Waals surface area contributed by atoms with Crippen LogP contribution in [0.15, 0.2) is 176 Å². The number of fused-ring (bicyclic) bond motifs is 10. The molecule has 0 N–H and O–H groups in total. The molecular formula is C49H29N3. The Kier molecular flexibility index (Phi) is 5.50. The Morgan fingerprint density at radius 1 is 0.365 bits per heavy atom. The van der Waals surface area contributed by atoms with Gasteiger partial charge >= 0.3 is 0 Å². The number of para-hydroxylation sites is 2. The highest BCUT2D eigenvalue weighted by molar-refractivity contribution is 6.20. The van der Waals surface area contributed by atoms with Crippen LogP contribution in [0, 0.1) is 0 Å². The second kappa shape index (κ2) is 10.3. The maximum absolute atomic E-state index is 4.48. The Morgan fingerprint density at radius 2 is 1.02 bits per heavy atom. The lowest BCUT2D eigenvalue weighted by molar-refractivity contribution is 1.18. The van der Waals surface area contributed by atoms with Crippen molar-refractivity contribution in [3.05, 3.63) is 176 Å². The first-order valence-corrected chi connectivity index (χ1v) is 17.9. The number of benzene rings is 8. The van der Waals surface area contributed by atoms with E-state index in [1.165, 1.54) is 110 Å². The summed E-state index contributed by atoms with van der Waals surface area (Å²) >= 11 is 0. The maximum Gasteiger partial charge on any atom is 0.0547 e. The van der Waals surface area contributed by atoms with Crippen molar-refractivity contribution in [1.29, 1.82) is 0 Å². The zero-order valence-corrected chi connectivity index (χ0v) is 28.1. The maximum atomic E-state index is 4.48. The van der Waals surface area contributed by atoms with E-state index in [1.54, 1.807) is 0 Å². The topological polar surface area (TPSA) is 22.8 Å². The highest BCUT2D eigenvalue weighted by Crippen LogP contribution is 2.49. The van der Waals surface area contributed by atoms with E-state index in [9.17, 15) is 0 Å². The Balaban J connectivity index is 1.12. The van der Waals surface area contributed by atoms with Crippen LogP contribution in [0.1, 0.15) is 0 Å². The van der Waals surface area contributed by atoms with Gasteiger partial charge in [-0.1, -0.05) is 97.1 Å². The monoisotopic (exact) mass is 659 g/mol. The SMILES string of the molecule is c1ccc(-n2c3ccccc3c3cc(-c4ccc5c(c4)c4cc6ccccc6cc4n5-c4ccc5c6c(cccc46)-c4cnccc4-5)ccc32)cc1. The van der Waals surface area contributed by atoms with Gasteiger partial charge in [-0.15, -0.1) is 0 Å². The highest BCUT2D eigenvalue weighted by Gasteiger charge is 2.24. The third-order valence-corrected chi connectivity index (χ3v) is 11.3. The molecule has 0 radical (unpaired) electrons. The molecule has 1 aliphatic rings. The number of aromatic nitrogens is 3. The minimum Gasteiger partial charge on any atom is -0.309 e. The van der Waals surface area contributed by atoms with Crippen LogP contribution in [-0.2, 0) is 0 Å². The summed E-state index contributed by atoms with van der Waals surface area (Å²) in [5.41, 5.74) is 14.6. The second-order valence-corrected chi connectivity index (χ2v) is 14.0. The lowest BCUT2D eigenvalue weighted by Gasteiger charge is -2.14. The number of hydrogen-bond acceptors (Lipinski definition) is 1. The molecule has 1 aliphatic carbocycles. The summed E-state index contributed by atoms with van der Waals surface area (Å²) in [5, 5.41) is 10.1.